The molecule has 0 bridgehead atoms. The maximum Gasteiger partial charge on any atom is 0.370 e. The van der Waals surface area contributed by atoms with E-state index >= 15 is 0 Å². The van der Waals surface area contributed by atoms with Gasteiger partial charge < -0.3 is 45.0 Å². The molecule has 5 N–H and O–H groups in total. The molecule has 1 aliphatic rings. The minimum absolute atomic E-state index is 0.0595. The summed E-state index contributed by atoms with van der Waals surface area (Å²) in [6.07, 6.45) is 5.51. The van der Waals surface area contributed by atoms with Crippen molar-refractivity contribution in [2.24, 2.45) is 11.8 Å². The Hall–Kier alpha value is -4.03. The Morgan fingerprint density at radius 2 is 1.38 bits per heavy atom. The molecule has 2 rings (SSSR count). The minimum atomic E-state index is -1.51. The van der Waals surface area contributed by atoms with Crippen LogP contribution in [0.2, 0.25) is 0 Å². The highest BCUT2D eigenvalue weighted by Crippen LogP contribution is 2.32. The summed E-state index contributed by atoms with van der Waals surface area (Å²) in [4.78, 5) is 52.6. The molecule has 1 saturated carbocycles. The molecule has 42 heavy (non-hydrogen) atoms. The van der Waals surface area contributed by atoms with E-state index in [0.29, 0.717) is 36.1 Å². The second kappa shape index (κ2) is 21.7. The Balaban J connectivity index is 0.000000861. The molecule has 1 aliphatic carbocycles. The fourth-order valence-electron chi connectivity index (χ4n) is 4.46. The van der Waals surface area contributed by atoms with Gasteiger partial charge in [0.25, 0.3) is 0 Å². The van der Waals surface area contributed by atoms with Crippen LogP contribution in [0.15, 0.2) is 54.6 Å². The van der Waals surface area contributed by atoms with Crippen molar-refractivity contribution in [3.05, 3.63) is 60.2 Å². The van der Waals surface area contributed by atoms with E-state index in [1.165, 1.54) is 6.42 Å². The standard InChI is InChI=1S/C22H36N2O2.2C4H4O4/c1-5-24(6-2)16-15-23-20(19-13-8-7-9-14-19)22(25)26-21-17(3)11-10-12-18(21)4;2*5-3(6)1-2-4(7)8/h7-9,13-14,17-18,20-21,23H,5-6,10-12,15-16H2,1-4H3;2*1-2H,(H,5,6)(H,7,8)/b;2*2-1+. The molecule has 0 aliphatic heterocycles. The molecule has 0 heterocycles. The predicted molar refractivity (Wildman–Crippen MR) is 149 cm³/mol. The Labute approximate surface area is 246 Å². The molecule has 0 aromatic heterocycles. The normalized spacial score (nSPS) is 18.7. The number of likely N-dealkylation sites (N-methyl/N-ethyl adjacent to an activating group) is 1. The summed E-state index contributed by atoms with van der Waals surface area (Å²) in [5.41, 5.74) is 1.04. The van der Waals surface area contributed by atoms with Gasteiger partial charge in [-0.05, 0) is 50.7 Å². The zero-order valence-electron chi connectivity index (χ0n) is 24.7. The average molecular weight is 593 g/mol. The van der Waals surface area contributed by atoms with E-state index in [1.807, 2.05) is 30.3 Å². The van der Waals surface area contributed by atoms with Crippen molar-refractivity contribution in [3.8, 4) is 0 Å². The molecule has 12 nitrogen and oxygen atoms in total. The third-order valence-electron chi connectivity index (χ3n) is 6.73. The summed E-state index contributed by atoms with van der Waals surface area (Å²) in [5.74, 6) is -4.77. The molecule has 1 aromatic carbocycles. The van der Waals surface area contributed by atoms with Gasteiger partial charge >= 0.3 is 17.9 Å². The number of carboxylic acids is 4. The Kier molecular flexibility index (Phi) is 19.6. The van der Waals surface area contributed by atoms with E-state index in [0.717, 1.165) is 44.6 Å². The number of nitrogens with two attached hydrogens (primary N) is 1. The highest BCUT2D eigenvalue weighted by Gasteiger charge is 2.35. The van der Waals surface area contributed by atoms with Gasteiger partial charge in [-0.25, -0.2) is 14.4 Å². The third kappa shape index (κ3) is 17.6. The molecule has 0 spiro atoms. The number of carbonyl (C=O) groups is 5. The van der Waals surface area contributed by atoms with Crippen LogP contribution in [0.3, 0.4) is 0 Å². The topological polar surface area (TPSA) is 202 Å². The molecule has 1 aromatic rings. The van der Waals surface area contributed by atoms with E-state index in [-0.39, 0.29) is 18.1 Å². The fraction of sp³-hybridized carbons (Fsp3) is 0.500. The number of quaternary nitrogens is 2. The smallest absolute Gasteiger partial charge is 0.370 e. The van der Waals surface area contributed by atoms with Gasteiger partial charge in [0, 0.05) is 17.7 Å². The van der Waals surface area contributed by atoms with Gasteiger partial charge in [0.1, 0.15) is 19.2 Å². The molecular formula is C30H44N2O10. The lowest BCUT2D eigenvalue weighted by atomic mass is 9.80. The van der Waals surface area contributed by atoms with Crippen LogP contribution in [0.4, 0.5) is 0 Å². The summed E-state index contributed by atoms with van der Waals surface area (Å²) in [5, 5.41) is 36.6. The highest BCUT2D eigenvalue weighted by atomic mass is 16.5. The van der Waals surface area contributed by atoms with E-state index in [4.69, 9.17) is 14.9 Å². The number of nitrogens with one attached hydrogen (secondary N) is 1. The quantitative estimate of drug-likeness (QED) is 0.152. The molecule has 234 valence electrons. The lowest BCUT2D eigenvalue weighted by Crippen LogP contribution is -3.14. The third-order valence-corrected chi connectivity index (χ3v) is 6.73. The number of hydrogen-bond donors (Lipinski definition) is 4. The van der Waals surface area contributed by atoms with Crippen molar-refractivity contribution >= 4 is 29.8 Å². The van der Waals surface area contributed by atoms with Gasteiger partial charge in [-0.3, -0.25) is 0 Å². The highest BCUT2D eigenvalue weighted by molar-refractivity contribution is 5.89. The van der Waals surface area contributed by atoms with Crippen molar-refractivity contribution in [2.75, 3.05) is 26.2 Å². The van der Waals surface area contributed by atoms with Crippen LogP contribution >= 0.6 is 0 Å². The maximum atomic E-state index is 13.1. The first-order valence-corrected chi connectivity index (χ1v) is 14.0. The predicted octanol–water partition coefficient (Wildman–Crippen LogP) is -1.66. The summed E-state index contributed by atoms with van der Waals surface area (Å²) in [6.45, 7) is 13.1. The van der Waals surface area contributed by atoms with Crippen LogP contribution in [0.1, 0.15) is 58.6 Å². The first-order valence-electron chi connectivity index (χ1n) is 14.0. The number of benzene rings is 1. The second-order valence-electron chi connectivity index (χ2n) is 9.89. The van der Waals surface area contributed by atoms with E-state index < -0.39 is 23.9 Å². The molecule has 3 unspecified atom stereocenters. The van der Waals surface area contributed by atoms with Crippen LogP contribution in [-0.2, 0) is 28.7 Å². The summed E-state index contributed by atoms with van der Waals surface area (Å²) < 4.78 is 6.07. The Morgan fingerprint density at radius 1 is 0.905 bits per heavy atom. The molecule has 0 amide bonds. The van der Waals surface area contributed by atoms with Gasteiger partial charge in [-0.2, -0.15) is 0 Å². The van der Waals surface area contributed by atoms with Gasteiger partial charge in [-0.15, -0.1) is 0 Å². The van der Waals surface area contributed by atoms with Crippen molar-refractivity contribution in [3.63, 3.8) is 0 Å². The summed E-state index contributed by atoms with van der Waals surface area (Å²) in [6, 6.07) is 9.83. The van der Waals surface area contributed by atoms with Crippen molar-refractivity contribution in [1.29, 1.82) is 0 Å². The average Bonchev–Trinajstić information content (AvgIpc) is 2.94. The van der Waals surface area contributed by atoms with Crippen molar-refractivity contribution in [1.82, 2.24) is 0 Å². The van der Waals surface area contributed by atoms with Crippen LogP contribution in [-0.4, -0.2) is 72.3 Å². The van der Waals surface area contributed by atoms with Gasteiger partial charge in [0.05, 0.1) is 25.0 Å². The Morgan fingerprint density at radius 3 is 1.76 bits per heavy atom. The lowest BCUT2D eigenvalue weighted by Gasteiger charge is -2.34. The minimum Gasteiger partial charge on any atom is -0.545 e. The maximum absolute atomic E-state index is 13.1. The largest absolute Gasteiger partial charge is 0.545 e. The van der Waals surface area contributed by atoms with Gasteiger partial charge in [0.15, 0.2) is 0 Å². The van der Waals surface area contributed by atoms with Crippen LogP contribution < -0.4 is 20.4 Å². The number of hydrogen-bond acceptors (Lipinski definition) is 8. The number of aliphatic carboxylic acids is 4. The number of rotatable bonds is 13. The van der Waals surface area contributed by atoms with Crippen molar-refractivity contribution in [2.45, 2.75) is 59.1 Å². The number of carbonyl (C=O) groups excluding carboxylic acids is 3. The van der Waals surface area contributed by atoms with Crippen LogP contribution in [0, 0.1) is 11.8 Å². The number of esters is 1. The van der Waals surface area contributed by atoms with E-state index in [2.05, 4.69) is 33.0 Å². The van der Waals surface area contributed by atoms with Crippen LogP contribution in [0.5, 0.6) is 0 Å². The van der Waals surface area contributed by atoms with E-state index in [1.54, 1.807) is 4.90 Å². The monoisotopic (exact) mass is 592 g/mol. The number of ether oxygens (including phenoxy) is 1. The van der Waals surface area contributed by atoms with Crippen LogP contribution in [0.25, 0.3) is 0 Å². The lowest BCUT2D eigenvalue weighted by molar-refractivity contribution is -0.910. The van der Waals surface area contributed by atoms with E-state index in [9.17, 15) is 34.2 Å². The molecule has 3 atom stereocenters. The first kappa shape index (κ1) is 38.0. The molecular weight excluding hydrogens is 548 g/mol. The number of carboxylic acid groups (broad SMARTS) is 4. The van der Waals surface area contributed by atoms with Gasteiger partial charge in [0.2, 0.25) is 6.04 Å². The zero-order chi connectivity index (χ0) is 32.1. The zero-order valence-corrected chi connectivity index (χ0v) is 24.7. The molecule has 12 heteroatoms. The second-order valence-corrected chi connectivity index (χ2v) is 9.89. The van der Waals surface area contributed by atoms with Crippen molar-refractivity contribution < 1.29 is 59.4 Å². The molecule has 0 radical (unpaired) electrons. The SMILES string of the molecule is CC[NH+](CC)CC[NH2+]C(C(=O)OC1C(C)CCCC1C)c1ccccc1.O=C([O-])/C=C/C(=O)O.O=C([O-])/C=C/C(=O)O. The van der Waals surface area contributed by atoms with Gasteiger partial charge in [-0.1, -0.05) is 50.6 Å². The molecule has 0 saturated heterocycles. The summed E-state index contributed by atoms with van der Waals surface area (Å²) >= 11 is 0. The summed E-state index contributed by atoms with van der Waals surface area (Å²) in [7, 11) is 0. The first-order chi connectivity index (χ1) is 19.8. The Bertz CT molecular complexity index is 962. The molecule has 1 fully saturated rings. The fourth-order valence-corrected chi connectivity index (χ4v) is 4.46.